The van der Waals surface area contributed by atoms with Gasteiger partial charge < -0.3 is 41.8 Å². The van der Waals surface area contributed by atoms with Crippen LogP contribution < -0.4 is 155 Å². The number of nitrogens with one attached hydrogen (secondary N) is 1. The topological polar surface area (TPSA) is 355 Å². The summed E-state index contributed by atoms with van der Waals surface area (Å²) >= 11 is 0.721. The van der Waals surface area contributed by atoms with Crippen LogP contribution in [0.4, 0.5) is 34.6 Å². The fraction of sp³-hybridized carbons (Fsp3) is 0.0870. The number of carbonyl (C=O) groups is 1. The van der Waals surface area contributed by atoms with E-state index in [-0.39, 0.29) is 174 Å². The number of aromatic nitrogens is 4. The zero-order chi connectivity index (χ0) is 36.5. The summed E-state index contributed by atoms with van der Waals surface area (Å²) in [7, 11) is -9.44. The largest absolute Gasteiger partial charge is 1.00 e. The maximum absolute atomic E-state index is 12.8. The Balaban J connectivity index is 0.00000702. The van der Waals surface area contributed by atoms with Gasteiger partial charge in [0.05, 0.1) is 75.2 Å². The standard InChI is InChI=1S/C23H21N9O14S4.4Na/c24-14-9-15(26-22-27-21(25)28-23(29-22)32-5-1-2-12(11-32)20(33)34)16(10-19(14)48-46-44-36)30-31-17-8-13(3-4-18(17)47-45-43-35)49(37,38)7-6-42-50(39,40)41;;;;/h1-5,8-11H,6-7H2,(H8-,24,25,26,27,28,29,31,33,34,35,36,39,40,41);;;;/q;4*+1/p-3. The quantitative estimate of drug-likeness (QED) is 0.0102. The summed E-state index contributed by atoms with van der Waals surface area (Å²) in [5.74, 6) is -3.01. The van der Waals surface area contributed by atoms with Crippen molar-refractivity contribution in [2.24, 2.45) is 10.2 Å². The maximum atomic E-state index is 12.8. The molecule has 266 valence electrons. The fourth-order valence-electron chi connectivity index (χ4n) is 3.65. The molecule has 0 aliphatic carbocycles. The van der Waals surface area contributed by atoms with Crippen LogP contribution in [0.2, 0.25) is 0 Å². The third-order valence-electron chi connectivity index (χ3n) is 5.72. The maximum Gasteiger partial charge on any atom is 1.00 e. The Labute approximate surface area is 402 Å². The molecule has 0 bridgehead atoms. The smallest absolute Gasteiger partial charge is 0.726 e. The number of hydrogen-bond acceptors (Lipinski definition) is 24. The second kappa shape index (κ2) is 25.0. The molecule has 4 rings (SSSR count). The Hall–Kier alpha value is -0.650. The summed E-state index contributed by atoms with van der Waals surface area (Å²) in [6.45, 7) is -0.977. The van der Waals surface area contributed by atoms with Gasteiger partial charge in [-0.2, -0.15) is 8.67 Å². The molecule has 0 amide bonds. The number of carboxylic acids is 1. The summed E-state index contributed by atoms with van der Waals surface area (Å²) in [5.41, 5.74) is 11.4. The normalized spacial score (nSPS) is 11.1. The zero-order valence-electron chi connectivity index (χ0n) is 28.3. The van der Waals surface area contributed by atoms with Gasteiger partial charge in [0.15, 0.2) is 9.84 Å². The van der Waals surface area contributed by atoms with Crippen LogP contribution in [0.1, 0.15) is 10.4 Å². The van der Waals surface area contributed by atoms with E-state index in [0.717, 1.165) is 18.2 Å². The minimum Gasteiger partial charge on any atom is -0.726 e. The molecule has 0 fully saturated rings. The van der Waals surface area contributed by atoms with Crippen LogP contribution in [0.15, 0.2) is 79.8 Å². The number of rotatable bonds is 17. The number of azo groups is 1. The van der Waals surface area contributed by atoms with Gasteiger partial charge in [-0.3, -0.25) is 14.3 Å². The van der Waals surface area contributed by atoms with Gasteiger partial charge in [0.1, 0.15) is 11.4 Å². The summed E-state index contributed by atoms with van der Waals surface area (Å²) in [5, 5.41) is 49.9. The minimum atomic E-state index is -5.16. The van der Waals surface area contributed by atoms with E-state index in [1.165, 1.54) is 41.2 Å². The van der Waals surface area contributed by atoms with Gasteiger partial charge >= 0.3 is 136 Å². The summed E-state index contributed by atoms with van der Waals surface area (Å²) in [6, 6.07) is 8.40. The third kappa shape index (κ3) is 16.3. The van der Waals surface area contributed by atoms with Gasteiger partial charge in [0, 0.05) is 11.3 Å². The number of pyridine rings is 1. The first-order chi connectivity index (χ1) is 23.7. The van der Waals surface area contributed by atoms with E-state index in [1.54, 1.807) is 0 Å². The van der Waals surface area contributed by atoms with Crippen molar-refractivity contribution >= 4 is 84.9 Å². The monoisotopic (exact) mass is 864 g/mol. The van der Waals surface area contributed by atoms with Crippen molar-refractivity contribution in [3.63, 3.8) is 0 Å². The SMILES string of the molecule is Nc1nc(Nc2cc(N)c(SOO[O-])cc2N=Nc2cc(S(=O)(=O)CCOS(=O)(=O)[O-])ccc2SOO[O-])nc(-[n+]2cccc(C(=O)[O-])c2)n1.[Na+].[Na+].[Na+].[Na+]. The molecule has 0 aliphatic rings. The molecule has 4 aromatic rings. The molecule has 2 aromatic heterocycles. The van der Waals surface area contributed by atoms with Crippen LogP contribution in [-0.4, -0.2) is 54.7 Å². The van der Waals surface area contributed by atoms with Crippen LogP contribution in [0, 0.1) is 0 Å². The van der Waals surface area contributed by atoms with Crippen molar-refractivity contribution < 1.29 is 188 Å². The van der Waals surface area contributed by atoms with Crippen LogP contribution in [0.25, 0.3) is 5.95 Å². The first kappa shape index (κ1) is 53.4. The molecular weight excluding hydrogens is 847 g/mol. The molecule has 2 heterocycles. The van der Waals surface area contributed by atoms with Crippen LogP contribution in [0.5, 0.6) is 0 Å². The molecule has 0 saturated heterocycles. The Morgan fingerprint density at radius 3 is 2.17 bits per heavy atom. The van der Waals surface area contributed by atoms with Gasteiger partial charge in [-0.05, 0) is 52.4 Å². The Kier molecular flexibility index (Phi) is 24.7. The van der Waals surface area contributed by atoms with Gasteiger partial charge in [-0.15, -0.1) is 15.2 Å². The summed E-state index contributed by atoms with van der Waals surface area (Å²) in [4.78, 5) is 23.2. The first-order valence-electron chi connectivity index (χ1n) is 12.8. The second-order valence-electron chi connectivity index (χ2n) is 8.95. The van der Waals surface area contributed by atoms with Crippen molar-refractivity contribution in [1.82, 2.24) is 15.0 Å². The molecule has 2 aromatic carbocycles. The molecule has 0 unspecified atom stereocenters. The minimum absolute atomic E-state index is 0. The number of sulfone groups is 1. The molecule has 0 radical (unpaired) electrons. The third-order valence-corrected chi connectivity index (χ3v) is 9.16. The van der Waals surface area contributed by atoms with Crippen LogP contribution in [-0.2, 0) is 43.2 Å². The number of benzene rings is 2. The number of hydrogen-bond donors (Lipinski definition) is 3. The molecule has 5 N–H and O–H groups in total. The molecule has 54 heavy (non-hydrogen) atoms. The van der Waals surface area contributed by atoms with E-state index in [9.17, 15) is 41.8 Å². The summed E-state index contributed by atoms with van der Waals surface area (Å²) < 4.78 is 71.6. The number of anilines is 4. The predicted octanol–water partition coefficient (Wildman–Crippen LogP) is -13.4. The number of aromatic carboxylic acids is 1. The molecule has 0 aliphatic heterocycles. The van der Waals surface area contributed by atoms with E-state index in [2.05, 4.69) is 53.4 Å². The number of nitrogens with zero attached hydrogens (tertiary/aromatic N) is 6. The van der Waals surface area contributed by atoms with Crippen LogP contribution >= 0.6 is 24.1 Å². The van der Waals surface area contributed by atoms with Crippen molar-refractivity contribution in [1.29, 1.82) is 0 Å². The predicted molar refractivity (Wildman–Crippen MR) is 159 cm³/mol. The van der Waals surface area contributed by atoms with Crippen LogP contribution in [0.3, 0.4) is 0 Å². The number of nitrogens with two attached hydrogens (primary N) is 2. The van der Waals surface area contributed by atoms with E-state index in [4.69, 9.17) is 11.5 Å². The Morgan fingerprint density at radius 2 is 1.54 bits per heavy atom. The average molecular weight is 865 g/mol. The number of carboxylic acid groups (broad SMARTS) is 1. The van der Waals surface area contributed by atoms with E-state index in [0.29, 0.717) is 24.1 Å². The first-order valence-corrected chi connectivity index (χ1v) is 17.3. The van der Waals surface area contributed by atoms with E-state index in [1.807, 2.05) is 0 Å². The van der Waals surface area contributed by atoms with Gasteiger partial charge in [0.2, 0.25) is 10.4 Å². The summed E-state index contributed by atoms with van der Waals surface area (Å²) in [6.07, 6.45) is 2.59. The molecule has 31 heteroatoms. The van der Waals surface area contributed by atoms with Crippen molar-refractivity contribution in [2.75, 3.05) is 29.1 Å². The molecule has 23 nitrogen and oxygen atoms in total. The van der Waals surface area contributed by atoms with Crippen molar-refractivity contribution in [2.45, 2.75) is 14.7 Å². The van der Waals surface area contributed by atoms with Gasteiger partial charge in [0.25, 0.3) is 0 Å². The fourth-order valence-corrected chi connectivity index (χ4v) is 5.97. The van der Waals surface area contributed by atoms with Gasteiger partial charge in [-0.25, -0.2) is 21.4 Å². The average Bonchev–Trinajstić information content (AvgIpc) is 3.05. The zero-order valence-corrected chi connectivity index (χ0v) is 39.6. The molecular formula is C23H18N9Na4O14S4+. The van der Waals surface area contributed by atoms with Crippen molar-refractivity contribution in [3.05, 3.63) is 60.4 Å². The molecule has 0 saturated carbocycles. The van der Waals surface area contributed by atoms with E-state index >= 15 is 0 Å². The number of nitrogen functional groups attached to an aromatic ring is 2. The van der Waals surface area contributed by atoms with Gasteiger partial charge in [-0.1, -0.05) is 0 Å². The van der Waals surface area contributed by atoms with E-state index < -0.39 is 43.5 Å². The van der Waals surface area contributed by atoms with Crippen molar-refractivity contribution in [3.8, 4) is 5.95 Å². The molecule has 0 atom stereocenters. The Bertz CT molecular complexity index is 2150. The molecule has 0 spiro atoms. The number of carbonyl (C=O) groups excluding carboxylic acids is 1. The Morgan fingerprint density at radius 1 is 0.889 bits per heavy atom. The second-order valence-corrected chi connectivity index (χ2v) is 13.6.